The van der Waals surface area contributed by atoms with Gasteiger partial charge in [0.25, 0.3) is 5.92 Å². The van der Waals surface area contributed by atoms with Gasteiger partial charge in [-0.1, -0.05) is 19.3 Å². The first-order valence-electron chi connectivity index (χ1n) is 10.3. The van der Waals surface area contributed by atoms with Crippen LogP contribution in [-0.2, 0) is 14.3 Å². The Bertz CT molecular complexity index is 544. The van der Waals surface area contributed by atoms with E-state index in [9.17, 15) is 18.7 Å². The van der Waals surface area contributed by atoms with Crippen molar-refractivity contribution in [2.75, 3.05) is 19.6 Å². The summed E-state index contributed by atoms with van der Waals surface area (Å²) in [5, 5.41) is 14.0. The number of nitrogens with zero attached hydrogens (tertiary/aromatic N) is 1. The van der Waals surface area contributed by atoms with Crippen LogP contribution in [0.15, 0.2) is 0 Å². The van der Waals surface area contributed by atoms with Crippen LogP contribution in [0, 0.1) is 0 Å². The van der Waals surface area contributed by atoms with Crippen LogP contribution in [0.2, 0.25) is 0 Å². The molecular formula is C19H30F2N2O4. The molecule has 4 rings (SSSR count). The highest BCUT2D eigenvalue weighted by atomic mass is 19.3. The van der Waals surface area contributed by atoms with Crippen molar-refractivity contribution in [2.45, 2.75) is 93.9 Å². The summed E-state index contributed by atoms with van der Waals surface area (Å²) < 4.78 is 38.4. The molecule has 1 amide bonds. The maximum Gasteiger partial charge on any atom is 0.267 e. The van der Waals surface area contributed by atoms with Gasteiger partial charge in [0.2, 0.25) is 5.91 Å². The van der Waals surface area contributed by atoms with Gasteiger partial charge in [0.05, 0.1) is 31.3 Å². The molecule has 4 aliphatic rings. The number of hydrogen-bond acceptors (Lipinski definition) is 5. The zero-order valence-electron chi connectivity index (χ0n) is 15.6. The lowest BCUT2D eigenvalue weighted by atomic mass is 9.95. The Labute approximate surface area is 158 Å². The summed E-state index contributed by atoms with van der Waals surface area (Å²) >= 11 is 0. The second kappa shape index (κ2) is 7.89. The van der Waals surface area contributed by atoms with Gasteiger partial charge in [-0.05, 0) is 12.8 Å². The van der Waals surface area contributed by atoms with Crippen LogP contribution in [0.4, 0.5) is 8.78 Å². The molecule has 3 aliphatic heterocycles. The quantitative estimate of drug-likeness (QED) is 0.746. The van der Waals surface area contributed by atoms with E-state index in [1.807, 2.05) is 0 Å². The fourth-order valence-electron chi connectivity index (χ4n) is 4.87. The van der Waals surface area contributed by atoms with Gasteiger partial charge in [0, 0.05) is 32.0 Å². The third-order valence-electron chi connectivity index (χ3n) is 6.42. The first-order valence-corrected chi connectivity index (χ1v) is 10.3. The van der Waals surface area contributed by atoms with Crippen LogP contribution in [-0.4, -0.2) is 78.0 Å². The highest BCUT2D eigenvalue weighted by Crippen LogP contribution is 2.36. The fraction of sp³-hybridized carbons (Fsp3) is 0.947. The van der Waals surface area contributed by atoms with Crippen molar-refractivity contribution in [1.29, 1.82) is 0 Å². The van der Waals surface area contributed by atoms with Crippen molar-refractivity contribution in [2.24, 2.45) is 0 Å². The first kappa shape index (κ1) is 19.5. The molecule has 4 fully saturated rings. The Kier molecular flexibility index (Phi) is 5.69. The molecule has 5 atom stereocenters. The molecule has 0 spiro atoms. The van der Waals surface area contributed by atoms with Gasteiger partial charge in [-0.25, -0.2) is 8.78 Å². The summed E-state index contributed by atoms with van der Waals surface area (Å²) in [4.78, 5) is 13.4. The molecule has 0 aromatic rings. The van der Waals surface area contributed by atoms with Gasteiger partial charge in [-0.3, -0.25) is 4.79 Å². The van der Waals surface area contributed by atoms with Gasteiger partial charge in [0.1, 0.15) is 12.2 Å². The summed E-state index contributed by atoms with van der Waals surface area (Å²) in [6.07, 6.45) is 4.43. The third kappa shape index (κ3) is 4.44. The number of fused-ring (bicyclic) bond motifs is 1. The van der Waals surface area contributed by atoms with Gasteiger partial charge in [0.15, 0.2) is 0 Å². The Morgan fingerprint density at radius 2 is 2.00 bits per heavy atom. The topological polar surface area (TPSA) is 71.0 Å². The third-order valence-corrected chi connectivity index (χ3v) is 6.42. The zero-order chi connectivity index (χ0) is 19.0. The van der Waals surface area contributed by atoms with E-state index in [2.05, 4.69) is 5.32 Å². The minimum absolute atomic E-state index is 0.0736. The fourth-order valence-corrected chi connectivity index (χ4v) is 4.87. The maximum atomic E-state index is 13.3. The molecule has 2 N–H and O–H groups in total. The first-order chi connectivity index (χ1) is 12.9. The van der Waals surface area contributed by atoms with Crippen molar-refractivity contribution in [3.05, 3.63) is 0 Å². The van der Waals surface area contributed by atoms with Crippen molar-refractivity contribution in [3.63, 3.8) is 0 Å². The molecule has 0 radical (unpaired) electrons. The number of alkyl halides is 2. The predicted molar refractivity (Wildman–Crippen MR) is 93.6 cm³/mol. The van der Waals surface area contributed by atoms with E-state index in [0.717, 1.165) is 0 Å². The normalized spacial score (nSPS) is 39.1. The van der Waals surface area contributed by atoms with E-state index in [-0.39, 0.29) is 43.6 Å². The standard InChI is InChI=1S/C19H30F2N2O4/c20-19(21)6-7-23(11-19)16(24)9-13-8-14-18(26-13)17(25)15(27-14)10-22-12-4-2-1-3-5-12/h12-15,17-18,22,25H,1-11H2/t13-,14+,15+,17+,18-/m0/s1. The Morgan fingerprint density at radius 3 is 2.67 bits per heavy atom. The van der Waals surface area contributed by atoms with Crippen molar-refractivity contribution in [1.82, 2.24) is 10.2 Å². The highest BCUT2D eigenvalue weighted by molar-refractivity contribution is 5.77. The summed E-state index contributed by atoms with van der Waals surface area (Å²) in [5.41, 5.74) is 0. The smallest absolute Gasteiger partial charge is 0.267 e. The van der Waals surface area contributed by atoms with E-state index in [0.29, 0.717) is 19.0 Å². The minimum Gasteiger partial charge on any atom is -0.388 e. The molecule has 154 valence electrons. The van der Waals surface area contributed by atoms with Crippen LogP contribution in [0.3, 0.4) is 0 Å². The summed E-state index contributed by atoms with van der Waals surface area (Å²) in [6, 6.07) is 0.500. The van der Waals surface area contributed by atoms with Crippen LogP contribution in [0.25, 0.3) is 0 Å². The summed E-state index contributed by atoms with van der Waals surface area (Å²) in [5.74, 6) is -3.08. The summed E-state index contributed by atoms with van der Waals surface area (Å²) in [7, 11) is 0. The number of rotatable bonds is 5. The van der Waals surface area contributed by atoms with E-state index in [1.165, 1.54) is 37.0 Å². The average Bonchev–Trinajstić information content (AvgIpc) is 3.28. The highest BCUT2D eigenvalue weighted by Gasteiger charge is 2.51. The second-order valence-corrected chi connectivity index (χ2v) is 8.53. The number of ether oxygens (including phenoxy) is 2. The zero-order valence-corrected chi connectivity index (χ0v) is 15.6. The molecular weight excluding hydrogens is 358 g/mol. The average molecular weight is 388 g/mol. The van der Waals surface area contributed by atoms with Crippen LogP contribution in [0.1, 0.15) is 51.4 Å². The predicted octanol–water partition coefficient (Wildman–Crippen LogP) is 1.45. The number of hydrogen-bond donors (Lipinski definition) is 2. The number of likely N-dealkylation sites (tertiary alicyclic amines) is 1. The lowest BCUT2D eigenvalue weighted by molar-refractivity contribution is -0.135. The molecule has 0 bridgehead atoms. The SMILES string of the molecule is O=C(C[C@@H]1C[C@H]2O[C@H](CNC3CCCCC3)[C@@H](O)[C@H]2O1)N1CCC(F)(F)C1. The lowest BCUT2D eigenvalue weighted by Gasteiger charge is -2.26. The van der Waals surface area contributed by atoms with Gasteiger partial charge >= 0.3 is 0 Å². The van der Waals surface area contributed by atoms with E-state index in [4.69, 9.17) is 9.47 Å². The van der Waals surface area contributed by atoms with Gasteiger partial charge < -0.3 is 24.8 Å². The second-order valence-electron chi connectivity index (χ2n) is 8.53. The van der Waals surface area contributed by atoms with Crippen LogP contribution >= 0.6 is 0 Å². The molecule has 0 aromatic carbocycles. The molecule has 0 unspecified atom stereocenters. The monoisotopic (exact) mass is 388 g/mol. The molecule has 6 nitrogen and oxygen atoms in total. The lowest BCUT2D eigenvalue weighted by Crippen LogP contribution is -2.43. The Morgan fingerprint density at radius 1 is 1.22 bits per heavy atom. The van der Waals surface area contributed by atoms with Crippen molar-refractivity contribution < 1.29 is 28.2 Å². The van der Waals surface area contributed by atoms with Gasteiger partial charge in [-0.15, -0.1) is 0 Å². The summed E-state index contributed by atoms with van der Waals surface area (Å²) in [6.45, 7) is 0.202. The number of carbonyl (C=O) groups is 1. The Hall–Kier alpha value is -0.830. The number of carbonyl (C=O) groups excluding carboxylic acids is 1. The van der Waals surface area contributed by atoms with Gasteiger partial charge in [-0.2, -0.15) is 0 Å². The van der Waals surface area contributed by atoms with E-state index >= 15 is 0 Å². The molecule has 1 saturated carbocycles. The number of aliphatic hydroxyl groups is 1. The number of nitrogens with one attached hydrogen (secondary N) is 1. The number of aliphatic hydroxyl groups excluding tert-OH is 1. The van der Waals surface area contributed by atoms with Crippen LogP contribution < -0.4 is 5.32 Å². The molecule has 0 aromatic heterocycles. The molecule has 3 saturated heterocycles. The van der Waals surface area contributed by atoms with Crippen LogP contribution in [0.5, 0.6) is 0 Å². The molecule has 3 heterocycles. The molecule has 8 heteroatoms. The van der Waals surface area contributed by atoms with E-state index < -0.39 is 24.7 Å². The van der Waals surface area contributed by atoms with E-state index in [1.54, 1.807) is 0 Å². The minimum atomic E-state index is -2.78. The number of amides is 1. The Balaban J connectivity index is 1.22. The van der Waals surface area contributed by atoms with Crippen molar-refractivity contribution in [3.8, 4) is 0 Å². The maximum absolute atomic E-state index is 13.3. The molecule has 1 aliphatic carbocycles. The largest absolute Gasteiger partial charge is 0.388 e. The number of halogens is 2. The molecule has 27 heavy (non-hydrogen) atoms. The van der Waals surface area contributed by atoms with Crippen molar-refractivity contribution >= 4 is 5.91 Å².